The van der Waals surface area contributed by atoms with Gasteiger partial charge in [0.1, 0.15) is 6.54 Å². The highest BCUT2D eigenvalue weighted by atomic mass is 35.5. The van der Waals surface area contributed by atoms with Gasteiger partial charge in [-0.2, -0.15) is 18.3 Å². The Bertz CT molecular complexity index is 1140. The zero-order valence-corrected chi connectivity index (χ0v) is 18.3. The molecule has 0 aliphatic carbocycles. The molecule has 0 spiro atoms. The van der Waals surface area contributed by atoms with Crippen LogP contribution in [0.25, 0.3) is 0 Å². The molecule has 2 rings (SSSR count). The Labute approximate surface area is 186 Å². The lowest BCUT2D eigenvalue weighted by atomic mass is 10.1. The van der Waals surface area contributed by atoms with Crippen molar-refractivity contribution in [1.82, 2.24) is 5.43 Å². The van der Waals surface area contributed by atoms with E-state index in [9.17, 15) is 31.2 Å². The third-order valence-electron chi connectivity index (χ3n) is 3.97. The molecule has 0 aliphatic heterocycles. The second-order valence-corrected chi connectivity index (χ2v) is 8.65. The molecule has 0 fully saturated rings. The maximum absolute atomic E-state index is 13.1. The van der Waals surface area contributed by atoms with Crippen molar-refractivity contribution in [2.75, 3.05) is 24.2 Å². The first-order valence-electron chi connectivity index (χ1n) is 8.67. The Balaban J connectivity index is 2.15. The van der Waals surface area contributed by atoms with Crippen molar-refractivity contribution in [3.63, 3.8) is 0 Å². The summed E-state index contributed by atoms with van der Waals surface area (Å²) in [4.78, 5) is 23.5. The van der Waals surface area contributed by atoms with Gasteiger partial charge in [0.05, 0.1) is 41.4 Å². The second-order valence-electron chi connectivity index (χ2n) is 6.34. The summed E-state index contributed by atoms with van der Waals surface area (Å²) in [5.41, 5.74) is 1.28. The van der Waals surface area contributed by atoms with Gasteiger partial charge in [-0.15, -0.1) is 0 Å². The van der Waals surface area contributed by atoms with Gasteiger partial charge in [-0.05, 0) is 35.9 Å². The Hall–Kier alpha value is -3.12. The van der Waals surface area contributed by atoms with E-state index in [-0.39, 0.29) is 5.69 Å². The van der Waals surface area contributed by atoms with E-state index in [4.69, 9.17) is 11.6 Å². The lowest BCUT2D eigenvalue weighted by molar-refractivity contribution is -0.137. The summed E-state index contributed by atoms with van der Waals surface area (Å²) in [6.45, 7) is -0.823. The molecule has 0 saturated carbocycles. The van der Waals surface area contributed by atoms with Crippen molar-refractivity contribution >= 4 is 45.4 Å². The van der Waals surface area contributed by atoms with Crippen LogP contribution in [0.2, 0.25) is 5.02 Å². The van der Waals surface area contributed by atoms with E-state index >= 15 is 0 Å². The van der Waals surface area contributed by atoms with Gasteiger partial charge in [-0.25, -0.2) is 18.6 Å². The summed E-state index contributed by atoms with van der Waals surface area (Å²) >= 11 is 5.56. The number of esters is 1. The predicted octanol–water partition coefficient (Wildman–Crippen LogP) is 3.06. The molecule has 0 unspecified atom stereocenters. The average molecular weight is 492 g/mol. The molecule has 172 valence electrons. The number of nitrogens with zero attached hydrogens (tertiary/aromatic N) is 2. The number of amides is 1. The number of carbonyl (C=O) groups excluding carboxylic acids is 2. The molecule has 32 heavy (non-hydrogen) atoms. The lowest BCUT2D eigenvalue weighted by Crippen LogP contribution is -2.39. The molecule has 8 nitrogen and oxygen atoms in total. The molecule has 2 aromatic rings. The van der Waals surface area contributed by atoms with Crippen molar-refractivity contribution in [1.29, 1.82) is 0 Å². The van der Waals surface area contributed by atoms with Crippen LogP contribution in [0.4, 0.5) is 18.9 Å². The molecule has 1 N–H and O–H groups in total. The third-order valence-corrected chi connectivity index (χ3v) is 5.44. The number of methoxy groups -OCH3 is 1. The van der Waals surface area contributed by atoms with Crippen LogP contribution in [0.15, 0.2) is 47.6 Å². The molecule has 0 aromatic heterocycles. The first-order valence-corrected chi connectivity index (χ1v) is 10.9. The molecule has 2 aromatic carbocycles. The molecule has 0 bridgehead atoms. The van der Waals surface area contributed by atoms with Crippen LogP contribution in [0.3, 0.4) is 0 Å². The van der Waals surface area contributed by atoms with Crippen molar-refractivity contribution in [2.45, 2.75) is 6.18 Å². The van der Waals surface area contributed by atoms with Gasteiger partial charge in [0.2, 0.25) is 10.0 Å². The Morgan fingerprint density at radius 1 is 1.19 bits per heavy atom. The summed E-state index contributed by atoms with van der Waals surface area (Å²) in [7, 11) is -2.88. The van der Waals surface area contributed by atoms with Crippen molar-refractivity contribution in [3.05, 3.63) is 64.2 Å². The van der Waals surface area contributed by atoms with Crippen LogP contribution in [-0.2, 0) is 25.7 Å². The second kappa shape index (κ2) is 10.0. The largest absolute Gasteiger partial charge is 0.465 e. The third kappa shape index (κ3) is 6.69. The zero-order valence-electron chi connectivity index (χ0n) is 16.7. The fourth-order valence-corrected chi connectivity index (χ4v) is 3.53. The van der Waals surface area contributed by atoms with Gasteiger partial charge in [0.25, 0.3) is 5.91 Å². The fourth-order valence-electron chi connectivity index (χ4n) is 2.45. The lowest BCUT2D eigenvalue weighted by Gasteiger charge is -2.22. The van der Waals surface area contributed by atoms with Gasteiger partial charge in [-0.3, -0.25) is 9.10 Å². The number of anilines is 1. The Morgan fingerprint density at radius 3 is 2.34 bits per heavy atom. The number of hydrogen-bond donors (Lipinski definition) is 1. The number of ether oxygens (including phenoxy) is 1. The molecule has 0 aliphatic rings. The van der Waals surface area contributed by atoms with Crippen LogP contribution >= 0.6 is 11.6 Å². The van der Waals surface area contributed by atoms with Crippen LogP contribution in [0, 0.1) is 0 Å². The number of hydrogen-bond acceptors (Lipinski definition) is 6. The van der Waals surface area contributed by atoms with E-state index in [1.54, 1.807) is 0 Å². The number of nitrogens with one attached hydrogen (secondary N) is 1. The molecule has 0 radical (unpaired) electrons. The maximum atomic E-state index is 13.1. The number of sulfonamides is 1. The first-order chi connectivity index (χ1) is 14.8. The molecule has 1 amide bonds. The zero-order chi connectivity index (χ0) is 24.1. The molecule has 0 heterocycles. The minimum Gasteiger partial charge on any atom is -0.465 e. The summed E-state index contributed by atoms with van der Waals surface area (Å²) in [6.07, 6.45) is -2.84. The van der Waals surface area contributed by atoms with E-state index in [1.807, 2.05) is 0 Å². The number of rotatable bonds is 7. The number of benzene rings is 2. The summed E-state index contributed by atoms with van der Waals surface area (Å²) in [6, 6.07) is 8.49. The van der Waals surface area contributed by atoms with Gasteiger partial charge in [0.15, 0.2) is 0 Å². The minimum atomic E-state index is -4.81. The minimum absolute atomic E-state index is 0.304. The molecule has 0 saturated heterocycles. The van der Waals surface area contributed by atoms with Gasteiger partial charge < -0.3 is 4.74 Å². The normalized spacial score (nSPS) is 11.9. The van der Waals surface area contributed by atoms with Gasteiger partial charge in [0, 0.05) is 0 Å². The standard InChI is InChI=1S/C19H17ClF3N3O5S/c1-31-18(28)13-5-3-12(4-6-13)10-24-25-17(27)11-26(32(2,29)30)14-7-8-16(20)15(9-14)19(21,22)23/h3-10H,11H2,1-2H3,(H,25,27)/b24-10-. The molecule has 0 atom stereocenters. The van der Waals surface area contributed by atoms with Crippen LogP contribution in [0.1, 0.15) is 21.5 Å². The molecular formula is C19H17ClF3N3O5S. The van der Waals surface area contributed by atoms with Gasteiger partial charge >= 0.3 is 12.1 Å². The number of hydrazone groups is 1. The Morgan fingerprint density at radius 2 is 1.81 bits per heavy atom. The maximum Gasteiger partial charge on any atom is 0.417 e. The fraction of sp³-hybridized carbons (Fsp3) is 0.211. The van der Waals surface area contributed by atoms with Crippen LogP contribution in [-0.4, -0.2) is 46.4 Å². The van der Waals surface area contributed by atoms with E-state index in [0.29, 0.717) is 21.5 Å². The van der Waals surface area contributed by atoms with E-state index in [2.05, 4.69) is 15.3 Å². The quantitative estimate of drug-likeness (QED) is 0.364. The van der Waals surface area contributed by atoms with E-state index < -0.39 is 45.2 Å². The van der Waals surface area contributed by atoms with Crippen LogP contribution in [0.5, 0.6) is 0 Å². The summed E-state index contributed by atoms with van der Waals surface area (Å²) < 4.78 is 68.5. The monoisotopic (exact) mass is 491 g/mol. The summed E-state index contributed by atoms with van der Waals surface area (Å²) in [5.74, 6) is -1.43. The van der Waals surface area contributed by atoms with E-state index in [1.165, 1.54) is 37.6 Å². The van der Waals surface area contributed by atoms with Gasteiger partial charge in [-0.1, -0.05) is 23.7 Å². The SMILES string of the molecule is COC(=O)c1ccc(/C=N\NC(=O)CN(c2ccc(Cl)c(C(F)(F)F)c2)S(C)(=O)=O)cc1. The molecular weight excluding hydrogens is 475 g/mol. The van der Waals surface area contributed by atoms with Crippen molar-refractivity contribution in [3.8, 4) is 0 Å². The highest BCUT2D eigenvalue weighted by Crippen LogP contribution is 2.37. The highest BCUT2D eigenvalue weighted by molar-refractivity contribution is 7.92. The van der Waals surface area contributed by atoms with Crippen molar-refractivity contribution < 1.29 is 35.9 Å². The van der Waals surface area contributed by atoms with E-state index in [0.717, 1.165) is 18.4 Å². The number of halogens is 4. The number of carbonyl (C=O) groups is 2. The topological polar surface area (TPSA) is 105 Å². The average Bonchev–Trinajstić information content (AvgIpc) is 2.71. The highest BCUT2D eigenvalue weighted by Gasteiger charge is 2.34. The smallest absolute Gasteiger partial charge is 0.417 e. The van der Waals surface area contributed by atoms with Crippen molar-refractivity contribution in [2.24, 2.45) is 5.10 Å². The molecule has 13 heteroatoms. The number of alkyl halides is 3. The first kappa shape index (κ1) is 25.1. The summed E-state index contributed by atoms with van der Waals surface area (Å²) in [5, 5.41) is 3.06. The Kier molecular flexibility index (Phi) is 7.86. The van der Waals surface area contributed by atoms with Crippen LogP contribution < -0.4 is 9.73 Å². The predicted molar refractivity (Wildman–Crippen MR) is 112 cm³/mol.